The Bertz CT molecular complexity index is 3600. The Hall–Kier alpha value is -7.16. The van der Waals surface area contributed by atoms with E-state index in [0.29, 0.717) is 0 Å². The van der Waals surface area contributed by atoms with Crippen molar-refractivity contribution in [2.75, 3.05) is 9.80 Å². The molecule has 2 aliphatic rings. The van der Waals surface area contributed by atoms with Gasteiger partial charge in [-0.2, -0.15) is 0 Å². The van der Waals surface area contributed by atoms with E-state index < -0.39 is 0 Å². The van der Waals surface area contributed by atoms with E-state index in [1.807, 2.05) is 0 Å². The van der Waals surface area contributed by atoms with Crippen molar-refractivity contribution in [3.8, 4) is 22.3 Å². The number of hydrogen-bond acceptors (Lipinski definition) is 2. The van der Waals surface area contributed by atoms with Gasteiger partial charge in [-0.15, -0.1) is 0 Å². The molecule has 11 rings (SSSR count). The highest BCUT2D eigenvalue weighted by atomic mass is 15.1. The largest absolute Gasteiger partial charge is 0.310 e. The molecule has 0 spiro atoms. The summed E-state index contributed by atoms with van der Waals surface area (Å²) in [4.78, 5) is 4.99. The fourth-order valence-corrected chi connectivity index (χ4v) is 12.3. The van der Waals surface area contributed by atoms with Crippen molar-refractivity contribution in [3.05, 3.63) is 221 Å². The van der Waals surface area contributed by atoms with Crippen LogP contribution < -0.4 is 9.80 Å². The monoisotopic (exact) mass is 953 g/mol. The van der Waals surface area contributed by atoms with Gasteiger partial charge in [0.25, 0.3) is 0 Å². The van der Waals surface area contributed by atoms with Gasteiger partial charge in [0.2, 0.25) is 0 Å². The Labute approximate surface area is 436 Å². The molecule has 73 heavy (non-hydrogen) atoms. The number of benzene rings is 9. The fourth-order valence-electron chi connectivity index (χ4n) is 12.3. The maximum atomic E-state index is 4.27. The quantitative estimate of drug-likeness (QED) is 0.157. The molecule has 0 atom stereocenters. The van der Waals surface area contributed by atoms with E-state index >= 15 is 0 Å². The van der Waals surface area contributed by atoms with Crippen LogP contribution in [0.5, 0.6) is 0 Å². The predicted molar refractivity (Wildman–Crippen MR) is 317 cm³/mol. The first-order valence-electron chi connectivity index (χ1n) is 26.5. The molecule has 0 bridgehead atoms. The van der Waals surface area contributed by atoms with Crippen molar-refractivity contribution in [1.82, 2.24) is 0 Å². The summed E-state index contributed by atoms with van der Waals surface area (Å²) in [6.07, 6.45) is 0. The Balaban J connectivity index is 1.12. The zero-order valence-electron chi connectivity index (χ0n) is 45.8. The molecule has 2 nitrogen and oxygen atoms in total. The summed E-state index contributed by atoms with van der Waals surface area (Å²) in [6, 6.07) is 65.0. The molecule has 0 N–H and O–H groups in total. The number of allylic oxidation sites excluding steroid dienone is 1. The Morgan fingerprint density at radius 2 is 0.671 bits per heavy atom. The van der Waals surface area contributed by atoms with Gasteiger partial charge in [0.05, 0.1) is 11.4 Å². The van der Waals surface area contributed by atoms with Gasteiger partial charge >= 0.3 is 0 Å². The zero-order chi connectivity index (χ0) is 51.7. The fraction of sp³-hybridized carbons (Fsp3) is 0.268. The van der Waals surface area contributed by atoms with Crippen LogP contribution in [-0.4, -0.2) is 0 Å². The second-order valence-corrected chi connectivity index (χ2v) is 25.3. The molecule has 0 saturated heterocycles. The molecule has 0 aliphatic heterocycles. The normalized spacial score (nSPS) is 14.4. The van der Waals surface area contributed by atoms with Crippen LogP contribution in [0.25, 0.3) is 49.4 Å². The first-order chi connectivity index (χ1) is 34.5. The summed E-state index contributed by atoms with van der Waals surface area (Å²) in [7, 11) is 0. The van der Waals surface area contributed by atoms with Crippen LogP contribution in [0.15, 0.2) is 176 Å². The van der Waals surface area contributed by atoms with E-state index in [9.17, 15) is 0 Å². The van der Waals surface area contributed by atoms with Crippen LogP contribution in [0.4, 0.5) is 34.1 Å². The molecule has 2 heteroatoms. The van der Waals surface area contributed by atoms with Gasteiger partial charge in [-0.3, -0.25) is 0 Å². The molecule has 9 aromatic rings. The summed E-state index contributed by atoms with van der Waals surface area (Å²) >= 11 is 0. The van der Waals surface area contributed by atoms with E-state index in [1.165, 1.54) is 94.1 Å². The molecule has 366 valence electrons. The van der Waals surface area contributed by atoms with E-state index in [-0.39, 0.29) is 27.1 Å². The summed E-state index contributed by atoms with van der Waals surface area (Å²) in [5.41, 5.74) is 23.6. The van der Waals surface area contributed by atoms with Gasteiger partial charge in [0.1, 0.15) is 0 Å². The van der Waals surface area contributed by atoms with Crippen molar-refractivity contribution < 1.29 is 0 Å². The smallest absolute Gasteiger partial charge is 0.0543 e. The summed E-state index contributed by atoms with van der Waals surface area (Å²) in [6.45, 7) is 36.9. The average Bonchev–Trinajstić information content (AvgIpc) is 3.73. The molecule has 0 aromatic heterocycles. The molecule has 0 unspecified atom stereocenters. The lowest BCUT2D eigenvalue weighted by Gasteiger charge is -2.33. The minimum Gasteiger partial charge on any atom is -0.310 e. The predicted octanol–water partition coefficient (Wildman–Crippen LogP) is 20.5. The molecule has 0 fully saturated rings. The van der Waals surface area contributed by atoms with E-state index in [1.54, 1.807) is 0 Å². The minimum atomic E-state index is -0.325. The van der Waals surface area contributed by atoms with Crippen molar-refractivity contribution in [3.63, 3.8) is 0 Å². The van der Waals surface area contributed by atoms with Gasteiger partial charge < -0.3 is 9.80 Å². The summed E-state index contributed by atoms with van der Waals surface area (Å²) < 4.78 is 0. The number of hydrogen-bond donors (Lipinski definition) is 0. The molecule has 9 aromatic carbocycles. The maximum absolute atomic E-state index is 4.27. The number of nitrogens with zero attached hydrogens (tertiary/aromatic N) is 2. The Kier molecular flexibility index (Phi) is 11.0. The van der Waals surface area contributed by atoms with Crippen molar-refractivity contribution in [2.24, 2.45) is 0 Å². The highest BCUT2D eigenvalue weighted by Gasteiger charge is 2.47. The lowest BCUT2D eigenvalue weighted by molar-refractivity contribution is 0.590. The maximum Gasteiger partial charge on any atom is 0.0543 e. The third kappa shape index (κ3) is 7.74. The van der Waals surface area contributed by atoms with Crippen molar-refractivity contribution >= 4 is 61.2 Å². The lowest BCUT2D eigenvalue weighted by atomic mass is 9.72. The molecule has 0 heterocycles. The number of anilines is 6. The summed E-state index contributed by atoms with van der Waals surface area (Å²) in [5.74, 6) is 0. The Morgan fingerprint density at radius 3 is 0.959 bits per heavy atom. The van der Waals surface area contributed by atoms with Gasteiger partial charge in [-0.25, -0.2) is 0 Å². The second kappa shape index (κ2) is 16.7. The zero-order valence-corrected chi connectivity index (χ0v) is 45.8. The third-order valence-electron chi connectivity index (χ3n) is 16.5. The average molecular weight is 953 g/mol. The minimum absolute atomic E-state index is 0.0419. The van der Waals surface area contributed by atoms with Crippen molar-refractivity contribution in [1.29, 1.82) is 0 Å². The summed E-state index contributed by atoms with van der Waals surface area (Å²) in [5, 5.41) is 5.05. The molecular weight excluding hydrogens is 881 g/mol. The highest BCUT2D eigenvalue weighted by molar-refractivity contribution is 6.13. The molecule has 0 amide bonds. The topological polar surface area (TPSA) is 6.48 Å². The standard InChI is InChI=1S/C71H72N2/c1-44(2)45-24-32-49(33-25-45)72(50-34-26-46(27-35-50)67(3,4)5)61-42-59-63(55-22-18-16-20-53(55)61)57-40-41-58-64-56-23-19-17-21-54(56)62(43-60(64)71(14,15)66(58)65(57)70(59,12)13)73(51-36-28-47(29-37-51)68(6,7)8)52-38-30-48(31-39-52)69(9,10)11/h16-43H,1H2,2-15H3. The van der Waals surface area contributed by atoms with Gasteiger partial charge in [0, 0.05) is 44.4 Å². The van der Waals surface area contributed by atoms with E-state index in [2.05, 4.69) is 283 Å². The Morgan fingerprint density at radius 1 is 0.384 bits per heavy atom. The third-order valence-corrected chi connectivity index (χ3v) is 16.5. The van der Waals surface area contributed by atoms with Gasteiger partial charge in [0.15, 0.2) is 0 Å². The van der Waals surface area contributed by atoms with Crippen LogP contribution in [0.1, 0.15) is 141 Å². The first-order valence-corrected chi connectivity index (χ1v) is 26.5. The highest BCUT2D eigenvalue weighted by Crippen LogP contribution is 2.63. The molecule has 2 aliphatic carbocycles. The van der Waals surface area contributed by atoms with Crippen LogP contribution in [-0.2, 0) is 27.1 Å². The molecule has 0 saturated carbocycles. The van der Waals surface area contributed by atoms with E-state index in [0.717, 1.165) is 33.9 Å². The second-order valence-electron chi connectivity index (χ2n) is 25.3. The number of fused-ring (bicyclic) bond motifs is 11. The molecule has 0 radical (unpaired) electrons. The first kappa shape index (κ1) is 48.1. The number of rotatable bonds is 7. The van der Waals surface area contributed by atoms with Crippen LogP contribution >= 0.6 is 0 Å². The van der Waals surface area contributed by atoms with Gasteiger partial charge in [-0.1, -0.05) is 211 Å². The lowest BCUT2D eigenvalue weighted by Crippen LogP contribution is -2.24. The van der Waals surface area contributed by atoms with Crippen LogP contribution in [0, 0.1) is 0 Å². The molecular formula is C71H72N2. The van der Waals surface area contributed by atoms with E-state index in [4.69, 9.17) is 0 Å². The van der Waals surface area contributed by atoms with Crippen LogP contribution in [0.2, 0.25) is 0 Å². The van der Waals surface area contributed by atoms with Crippen LogP contribution in [0.3, 0.4) is 0 Å². The van der Waals surface area contributed by atoms with Gasteiger partial charge in [-0.05, 0) is 161 Å². The SMILES string of the molecule is C=C(C)c1ccc(N(c2ccc(C(C)(C)C)cc2)c2cc3c(c4ccccc24)-c2ccc4c(c2C3(C)C)C(C)(C)c2cc(N(c3ccc(C(C)(C)C)cc3)c3ccc(C(C)(C)C)cc3)c3ccccc3c2-4)cc1. The van der Waals surface area contributed by atoms with Crippen molar-refractivity contribution in [2.45, 2.75) is 124 Å².